The van der Waals surface area contributed by atoms with Crippen LogP contribution >= 0.6 is 11.8 Å². The Morgan fingerprint density at radius 1 is 1.40 bits per heavy atom. The van der Waals surface area contributed by atoms with Crippen LogP contribution in [0.15, 0.2) is 23.1 Å². The van der Waals surface area contributed by atoms with Crippen LogP contribution < -0.4 is 5.73 Å². The molecule has 15 heavy (non-hydrogen) atoms. The van der Waals surface area contributed by atoms with Crippen LogP contribution in [0.4, 0.5) is 0 Å². The van der Waals surface area contributed by atoms with Crippen LogP contribution in [0, 0.1) is 0 Å². The van der Waals surface area contributed by atoms with E-state index in [0.717, 1.165) is 0 Å². The lowest BCUT2D eigenvalue weighted by Gasteiger charge is -2.22. The van der Waals surface area contributed by atoms with Crippen molar-refractivity contribution in [2.75, 3.05) is 19.8 Å². The molecule has 82 valence electrons. The van der Waals surface area contributed by atoms with Crippen molar-refractivity contribution in [1.82, 2.24) is 4.90 Å². The standard InChI is InChI=1S/C12H18N2S/c1-14(2)12(13)10-5-6-11-9(8-10)4-3-7-15-11/h5-6,8,12H,3-4,7,13H2,1-2H3. The number of benzene rings is 1. The fourth-order valence-corrected chi connectivity index (χ4v) is 2.88. The molecular weight excluding hydrogens is 204 g/mol. The van der Waals surface area contributed by atoms with Gasteiger partial charge in [-0.25, -0.2) is 0 Å². The van der Waals surface area contributed by atoms with Crippen LogP contribution in [0.5, 0.6) is 0 Å². The van der Waals surface area contributed by atoms with Gasteiger partial charge in [0.15, 0.2) is 0 Å². The number of aryl methyl sites for hydroxylation is 1. The van der Waals surface area contributed by atoms with Gasteiger partial charge in [-0.2, -0.15) is 0 Å². The minimum atomic E-state index is 0.0160. The van der Waals surface area contributed by atoms with Gasteiger partial charge in [-0.1, -0.05) is 12.1 Å². The zero-order valence-corrected chi connectivity index (χ0v) is 10.2. The van der Waals surface area contributed by atoms with Gasteiger partial charge in [-0.3, -0.25) is 4.90 Å². The Kier molecular flexibility index (Phi) is 3.34. The average Bonchev–Trinajstić information content (AvgIpc) is 2.27. The third kappa shape index (κ3) is 2.36. The highest BCUT2D eigenvalue weighted by Gasteiger charge is 2.13. The van der Waals surface area contributed by atoms with Gasteiger partial charge in [-0.15, -0.1) is 11.8 Å². The van der Waals surface area contributed by atoms with Crippen molar-refractivity contribution in [3.05, 3.63) is 29.3 Å². The van der Waals surface area contributed by atoms with Crippen LogP contribution in [0.1, 0.15) is 23.7 Å². The molecule has 0 radical (unpaired) electrons. The number of hydrogen-bond donors (Lipinski definition) is 1. The van der Waals surface area contributed by atoms with Crippen molar-refractivity contribution in [2.24, 2.45) is 5.73 Å². The minimum absolute atomic E-state index is 0.0160. The summed E-state index contributed by atoms with van der Waals surface area (Å²) >= 11 is 1.96. The third-order valence-electron chi connectivity index (χ3n) is 2.83. The molecule has 0 saturated heterocycles. The molecule has 1 aliphatic rings. The van der Waals surface area contributed by atoms with Crippen molar-refractivity contribution in [3.63, 3.8) is 0 Å². The Bertz CT molecular complexity index is 349. The smallest absolute Gasteiger partial charge is 0.0830 e. The number of fused-ring (bicyclic) bond motifs is 1. The summed E-state index contributed by atoms with van der Waals surface area (Å²) in [7, 11) is 4.03. The molecule has 2 nitrogen and oxygen atoms in total. The van der Waals surface area contributed by atoms with Gasteiger partial charge in [0.05, 0.1) is 6.17 Å². The van der Waals surface area contributed by atoms with E-state index >= 15 is 0 Å². The summed E-state index contributed by atoms with van der Waals surface area (Å²) in [6, 6.07) is 6.64. The zero-order valence-electron chi connectivity index (χ0n) is 9.36. The van der Waals surface area contributed by atoms with Crippen LogP contribution in [-0.2, 0) is 6.42 Å². The van der Waals surface area contributed by atoms with Crippen LogP contribution in [-0.4, -0.2) is 24.7 Å². The first-order valence-corrected chi connectivity index (χ1v) is 6.34. The maximum Gasteiger partial charge on any atom is 0.0830 e. The molecule has 1 aromatic carbocycles. The lowest BCUT2D eigenvalue weighted by molar-refractivity contribution is 0.307. The van der Waals surface area contributed by atoms with Crippen molar-refractivity contribution in [3.8, 4) is 0 Å². The fraction of sp³-hybridized carbons (Fsp3) is 0.500. The van der Waals surface area contributed by atoms with Crippen molar-refractivity contribution in [1.29, 1.82) is 0 Å². The Morgan fingerprint density at radius 2 is 2.20 bits per heavy atom. The van der Waals surface area contributed by atoms with Crippen molar-refractivity contribution >= 4 is 11.8 Å². The van der Waals surface area contributed by atoms with E-state index in [1.807, 2.05) is 30.8 Å². The average molecular weight is 222 g/mol. The van der Waals surface area contributed by atoms with Crippen LogP contribution in [0.25, 0.3) is 0 Å². The van der Waals surface area contributed by atoms with E-state index in [0.29, 0.717) is 0 Å². The number of hydrogen-bond acceptors (Lipinski definition) is 3. The second-order valence-electron chi connectivity index (χ2n) is 4.23. The van der Waals surface area contributed by atoms with Crippen LogP contribution in [0.2, 0.25) is 0 Å². The molecule has 0 amide bonds. The highest BCUT2D eigenvalue weighted by atomic mass is 32.2. The van der Waals surface area contributed by atoms with Gasteiger partial charge in [-0.05, 0) is 49.9 Å². The second-order valence-corrected chi connectivity index (χ2v) is 5.36. The normalized spacial score (nSPS) is 17.6. The van der Waals surface area contributed by atoms with Gasteiger partial charge < -0.3 is 5.73 Å². The number of rotatable bonds is 2. The lowest BCUT2D eigenvalue weighted by atomic mass is 10.0. The summed E-state index contributed by atoms with van der Waals surface area (Å²) < 4.78 is 0. The molecule has 0 saturated carbocycles. The molecule has 0 fully saturated rings. The van der Waals surface area contributed by atoms with Gasteiger partial charge in [0.2, 0.25) is 0 Å². The Morgan fingerprint density at radius 3 is 2.93 bits per heavy atom. The van der Waals surface area contributed by atoms with Gasteiger partial charge in [0.25, 0.3) is 0 Å². The molecule has 1 aliphatic heterocycles. The van der Waals surface area contributed by atoms with E-state index in [9.17, 15) is 0 Å². The van der Waals surface area contributed by atoms with Crippen LogP contribution in [0.3, 0.4) is 0 Å². The molecule has 3 heteroatoms. The highest BCUT2D eigenvalue weighted by molar-refractivity contribution is 7.99. The van der Waals surface area contributed by atoms with Gasteiger partial charge >= 0.3 is 0 Å². The SMILES string of the molecule is CN(C)C(N)c1ccc2c(c1)CCCS2. The summed E-state index contributed by atoms with van der Waals surface area (Å²) in [5, 5.41) is 0. The second kappa shape index (κ2) is 4.56. The Hall–Kier alpha value is -0.510. The van der Waals surface area contributed by atoms with Gasteiger partial charge in [0.1, 0.15) is 0 Å². The molecule has 0 aromatic heterocycles. The predicted molar refractivity (Wildman–Crippen MR) is 66.1 cm³/mol. The molecule has 2 N–H and O–H groups in total. The molecule has 0 spiro atoms. The van der Waals surface area contributed by atoms with E-state index in [1.54, 1.807) is 0 Å². The summed E-state index contributed by atoms with van der Waals surface area (Å²) in [6.45, 7) is 0. The molecule has 1 heterocycles. The molecule has 0 bridgehead atoms. The monoisotopic (exact) mass is 222 g/mol. The third-order valence-corrected chi connectivity index (χ3v) is 4.03. The summed E-state index contributed by atoms with van der Waals surface area (Å²) in [5.41, 5.74) is 8.79. The molecule has 2 rings (SSSR count). The quantitative estimate of drug-likeness (QED) is 0.778. The zero-order chi connectivity index (χ0) is 10.8. The maximum absolute atomic E-state index is 6.09. The minimum Gasteiger partial charge on any atom is -0.312 e. The van der Waals surface area contributed by atoms with Crippen molar-refractivity contribution < 1.29 is 0 Å². The number of nitrogens with two attached hydrogens (primary N) is 1. The largest absolute Gasteiger partial charge is 0.312 e. The van der Waals surface area contributed by atoms with E-state index in [-0.39, 0.29) is 6.17 Å². The Labute approximate surface area is 95.8 Å². The van der Waals surface area contributed by atoms with E-state index in [2.05, 4.69) is 18.2 Å². The summed E-state index contributed by atoms with van der Waals surface area (Å²) in [5.74, 6) is 1.26. The van der Waals surface area contributed by atoms with E-state index < -0.39 is 0 Å². The highest BCUT2D eigenvalue weighted by Crippen LogP contribution is 2.31. The fourth-order valence-electron chi connectivity index (χ4n) is 1.86. The lowest BCUT2D eigenvalue weighted by Crippen LogP contribution is -2.27. The maximum atomic E-state index is 6.09. The molecule has 1 aromatic rings. The van der Waals surface area contributed by atoms with Gasteiger partial charge in [0, 0.05) is 4.90 Å². The van der Waals surface area contributed by atoms with E-state index in [1.165, 1.54) is 34.6 Å². The molecule has 0 aliphatic carbocycles. The van der Waals surface area contributed by atoms with E-state index in [4.69, 9.17) is 5.73 Å². The summed E-state index contributed by atoms with van der Waals surface area (Å²) in [6.07, 6.45) is 2.51. The molecule has 1 unspecified atom stereocenters. The number of nitrogens with zero attached hydrogens (tertiary/aromatic N) is 1. The molecular formula is C12H18N2S. The van der Waals surface area contributed by atoms with Crippen molar-refractivity contribution in [2.45, 2.75) is 23.9 Å². The first-order valence-electron chi connectivity index (χ1n) is 5.36. The predicted octanol–water partition coefficient (Wildman–Crippen LogP) is 2.24. The Balaban J connectivity index is 2.27. The number of thioether (sulfide) groups is 1. The topological polar surface area (TPSA) is 29.3 Å². The molecule has 1 atom stereocenters. The first-order chi connectivity index (χ1) is 7.18. The summed E-state index contributed by atoms with van der Waals surface area (Å²) in [4.78, 5) is 3.48. The first kappa shape index (κ1) is 11.0.